The van der Waals surface area contributed by atoms with Crippen molar-refractivity contribution in [3.63, 3.8) is 0 Å². The van der Waals surface area contributed by atoms with Gasteiger partial charge in [0.15, 0.2) is 0 Å². The number of benzene rings is 1. The number of para-hydroxylation sites is 2. The maximum Gasteiger partial charge on any atom is 0.326 e. The Morgan fingerprint density at radius 3 is 2.70 bits per heavy atom. The topological polar surface area (TPSA) is 92.9 Å². The van der Waals surface area contributed by atoms with E-state index in [0.29, 0.717) is 13.1 Å². The normalized spacial score (nSPS) is 11.2. The van der Waals surface area contributed by atoms with Gasteiger partial charge in [-0.05, 0) is 26.0 Å². The van der Waals surface area contributed by atoms with Crippen LogP contribution in [0.3, 0.4) is 0 Å². The minimum Gasteiger partial charge on any atom is -0.353 e. The lowest BCUT2D eigenvalue weighted by Gasteiger charge is -2.17. The van der Waals surface area contributed by atoms with Gasteiger partial charge < -0.3 is 16.0 Å². The summed E-state index contributed by atoms with van der Waals surface area (Å²) in [7, 11) is 0. The van der Waals surface area contributed by atoms with Crippen molar-refractivity contribution in [2.75, 3.05) is 6.54 Å². The van der Waals surface area contributed by atoms with Gasteiger partial charge in [-0.25, -0.2) is 4.79 Å². The molecule has 0 bridgehead atoms. The first-order valence-electron chi connectivity index (χ1n) is 6.14. The van der Waals surface area contributed by atoms with Crippen LogP contribution >= 0.6 is 12.4 Å². The molecule has 0 saturated carbocycles. The molecule has 0 aliphatic carbocycles. The molecule has 0 unspecified atom stereocenters. The highest BCUT2D eigenvalue weighted by Crippen LogP contribution is 2.08. The minimum atomic E-state index is -0.912. The lowest BCUT2D eigenvalue weighted by atomic mass is 10.1. The Labute approximate surface area is 122 Å². The van der Waals surface area contributed by atoms with Crippen molar-refractivity contribution in [1.29, 1.82) is 0 Å². The van der Waals surface area contributed by atoms with Crippen LogP contribution < -0.4 is 16.7 Å². The van der Waals surface area contributed by atoms with Gasteiger partial charge in [-0.1, -0.05) is 12.1 Å². The Hall–Kier alpha value is -1.79. The van der Waals surface area contributed by atoms with Gasteiger partial charge in [0.05, 0.1) is 16.6 Å². The standard InChI is InChI=1S/C13H18N4O2.ClH/c1-13(2,14)11(18)15-7-8-17-10-6-4-3-5-9(10)16-12(17)19;/h3-6H,7-8,14H2,1-2H3,(H,15,18)(H,16,19);1H. The van der Waals surface area contributed by atoms with Crippen molar-refractivity contribution in [1.82, 2.24) is 14.9 Å². The molecule has 6 nitrogen and oxygen atoms in total. The lowest BCUT2D eigenvalue weighted by molar-refractivity contribution is -0.125. The van der Waals surface area contributed by atoms with Crippen molar-refractivity contribution >= 4 is 29.3 Å². The molecule has 0 spiro atoms. The number of nitrogens with zero attached hydrogens (tertiary/aromatic N) is 1. The number of fused-ring (bicyclic) bond motifs is 1. The molecule has 20 heavy (non-hydrogen) atoms. The summed E-state index contributed by atoms with van der Waals surface area (Å²) in [4.78, 5) is 26.2. The van der Waals surface area contributed by atoms with Crippen LogP contribution in [0.25, 0.3) is 11.0 Å². The Balaban J connectivity index is 0.00000200. The number of carbonyl (C=O) groups is 1. The third-order valence-electron chi connectivity index (χ3n) is 2.89. The maximum absolute atomic E-state index is 11.8. The average Bonchev–Trinajstić information content (AvgIpc) is 2.64. The molecule has 0 atom stereocenters. The molecule has 0 saturated heterocycles. The molecule has 0 fully saturated rings. The van der Waals surface area contributed by atoms with E-state index < -0.39 is 5.54 Å². The van der Waals surface area contributed by atoms with E-state index in [4.69, 9.17) is 5.73 Å². The monoisotopic (exact) mass is 298 g/mol. The molecular formula is C13H19ClN4O2. The van der Waals surface area contributed by atoms with Gasteiger partial charge in [0.2, 0.25) is 5.91 Å². The number of H-pyrrole nitrogens is 1. The highest BCUT2D eigenvalue weighted by Gasteiger charge is 2.21. The van der Waals surface area contributed by atoms with Crippen LogP contribution in [0.5, 0.6) is 0 Å². The van der Waals surface area contributed by atoms with Gasteiger partial charge in [0, 0.05) is 13.1 Å². The number of carbonyl (C=O) groups excluding carboxylic acids is 1. The molecule has 0 aliphatic heterocycles. The molecule has 4 N–H and O–H groups in total. The number of amides is 1. The predicted molar refractivity (Wildman–Crippen MR) is 81.1 cm³/mol. The van der Waals surface area contributed by atoms with Crippen LogP contribution in [0.4, 0.5) is 0 Å². The molecule has 2 aromatic rings. The molecule has 1 heterocycles. The molecule has 1 amide bonds. The number of halogens is 1. The number of hydrogen-bond donors (Lipinski definition) is 3. The van der Waals surface area contributed by atoms with Crippen LogP contribution in [0.15, 0.2) is 29.1 Å². The summed E-state index contributed by atoms with van der Waals surface area (Å²) < 4.78 is 1.60. The van der Waals surface area contributed by atoms with Crippen LogP contribution in [-0.4, -0.2) is 27.5 Å². The van der Waals surface area contributed by atoms with Gasteiger partial charge in [0.1, 0.15) is 0 Å². The number of aromatic nitrogens is 2. The number of rotatable bonds is 4. The van der Waals surface area contributed by atoms with E-state index in [9.17, 15) is 9.59 Å². The summed E-state index contributed by atoms with van der Waals surface area (Å²) in [6.07, 6.45) is 0. The van der Waals surface area contributed by atoms with Crippen molar-refractivity contribution in [3.05, 3.63) is 34.7 Å². The van der Waals surface area contributed by atoms with E-state index in [1.807, 2.05) is 24.3 Å². The Morgan fingerprint density at radius 1 is 1.40 bits per heavy atom. The fourth-order valence-electron chi connectivity index (χ4n) is 1.84. The van der Waals surface area contributed by atoms with Crippen LogP contribution in [-0.2, 0) is 11.3 Å². The Morgan fingerprint density at radius 2 is 2.05 bits per heavy atom. The number of hydrogen-bond acceptors (Lipinski definition) is 3. The quantitative estimate of drug-likeness (QED) is 0.772. The number of nitrogens with two attached hydrogens (primary N) is 1. The molecule has 2 rings (SSSR count). The van der Waals surface area contributed by atoms with Crippen LogP contribution in [0.2, 0.25) is 0 Å². The third kappa shape index (κ3) is 3.40. The summed E-state index contributed by atoms with van der Waals surface area (Å²) >= 11 is 0. The van der Waals surface area contributed by atoms with E-state index >= 15 is 0 Å². The van der Waals surface area contributed by atoms with Gasteiger partial charge in [0.25, 0.3) is 0 Å². The van der Waals surface area contributed by atoms with Crippen LogP contribution in [0.1, 0.15) is 13.8 Å². The zero-order valence-corrected chi connectivity index (χ0v) is 12.3. The Bertz CT molecular complexity index is 654. The van der Waals surface area contributed by atoms with Crippen molar-refractivity contribution in [2.24, 2.45) is 5.73 Å². The van der Waals surface area contributed by atoms with Gasteiger partial charge in [-0.15, -0.1) is 12.4 Å². The number of imidazole rings is 1. The average molecular weight is 299 g/mol. The third-order valence-corrected chi connectivity index (χ3v) is 2.89. The van der Waals surface area contributed by atoms with E-state index in [0.717, 1.165) is 11.0 Å². The zero-order valence-electron chi connectivity index (χ0n) is 11.5. The molecule has 0 radical (unpaired) electrons. The molecular weight excluding hydrogens is 280 g/mol. The van der Waals surface area contributed by atoms with E-state index in [1.54, 1.807) is 18.4 Å². The van der Waals surface area contributed by atoms with Crippen molar-refractivity contribution < 1.29 is 4.79 Å². The minimum absolute atomic E-state index is 0. The first-order valence-corrected chi connectivity index (χ1v) is 6.14. The van der Waals surface area contributed by atoms with Gasteiger partial charge >= 0.3 is 5.69 Å². The van der Waals surface area contributed by atoms with Crippen LogP contribution in [0, 0.1) is 0 Å². The fraction of sp³-hybridized carbons (Fsp3) is 0.385. The largest absolute Gasteiger partial charge is 0.353 e. The summed E-state index contributed by atoms with van der Waals surface area (Å²) in [5.74, 6) is -0.236. The number of aromatic amines is 1. The molecule has 1 aromatic heterocycles. The highest BCUT2D eigenvalue weighted by atomic mass is 35.5. The Kier molecular flexibility index (Phi) is 4.97. The second-order valence-corrected chi connectivity index (χ2v) is 5.08. The lowest BCUT2D eigenvalue weighted by Crippen LogP contribution is -2.49. The highest BCUT2D eigenvalue weighted by molar-refractivity contribution is 5.85. The molecule has 110 valence electrons. The number of nitrogens with one attached hydrogen (secondary N) is 2. The summed E-state index contributed by atoms with van der Waals surface area (Å²) in [5, 5.41) is 2.72. The van der Waals surface area contributed by atoms with Crippen molar-refractivity contribution in [2.45, 2.75) is 25.9 Å². The van der Waals surface area contributed by atoms with E-state index in [2.05, 4.69) is 10.3 Å². The SMILES string of the molecule is CC(C)(N)C(=O)NCCn1c(=O)[nH]c2ccccc21.Cl. The first-order chi connectivity index (χ1) is 8.89. The second-order valence-electron chi connectivity index (χ2n) is 5.08. The first kappa shape index (κ1) is 16.3. The smallest absolute Gasteiger partial charge is 0.326 e. The fourth-order valence-corrected chi connectivity index (χ4v) is 1.84. The second kappa shape index (κ2) is 6.11. The van der Waals surface area contributed by atoms with Gasteiger partial charge in [-0.3, -0.25) is 9.36 Å². The van der Waals surface area contributed by atoms with E-state index in [-0.39, 0.29) is 24.0 Å². The van der Waals surface area contributed by atoms with Crippen molar-refractivity contribution in [3.8, 4) is 0 Å². The molecule has 7 heteroatoms. The zero-order chi connectivity index (χ0) is 14.0. The summed E-state index contributed by atoms with van der Waals surface area (Å²) in [6.45, 7) is 4.05. The van der Waals surface area contributed by atoms with Gasteiger partial charge in [-0.2, -0.15) is 0 Å². The summed E-state index contributed by atoms with van der Waals surface area (Å²) in [5.41, 5.74) is 6.20. The maximum atomic E-state index is 11.8. The molecule has 1 aromatic carbocycles. The molecule has 0 aliphatic rings. The predicted octanol–water partition coefficient (Wildman–Crippen LogP) is 0.605. The summed E-state index contributed by atoms with van der Waals surface area (Å²) in [6, 6.07) is 7.44. The van der Waals surface area contributed by atoms with E-state index in [1.165, 1.54) is 0 Å².